The SMILES string of the molecule is CCc1cc(CN(CCN)CC(F)F)n(CC)n1. The Morgan fingerprint density at radius 3 is 2.67 bits per heavy atom. The largest absolute Gasteiger partial charge is 0.329 e. The van der Waals surface area contributed by atoms with Gasteiger partial charge in [-0.15, -0.1) is 0 Å². The summed E-state index contributed by atoms with van der Waals surface area (Å²) in [6.07, 6.45) is -1.48. The summed E-state index contributed by atoms with van der Waals surface area (Å²) in [4.78, 5) is 1.67. The molecule has 2 N–H and O–H groups in total. The molecular weight excluding hydrogens is 238 g/mol. The third-order valence-corrected chi connectivity index (χ3v) is 2.80. The molecule has 0 spiro atoms. The van der Waals surface area contributed by atoms with Gasteiger partial charge in [-0.2, -0.15) is 5.10 Å². The second-order valence-corrected chi connectivity index (χ2v) is 4.21. The van der Waals surface area contributed by atoms with Gasteiger partial charge in [-0.1, -0.05) is 6.92 Å². The van der Waals surface area contributed by atoms with Gasteiger partial charge in [-0.05, 0) is 19.4 Å². The molecule has 1 heterocycles. The van der Waals surface area contributed by atoms with Crippen LogP contribution in [-0.2, 0) is 19.5 Å². The van der Waals surface area contributed by atoms with Gasteiger partial charge in [0, 0.05) is 26.2 Å². The predicted molar refractivity (Wildman–Crippen MR) is 67.6 cm³/mol. The summed E-state index contributed by atoms with van der Waals surface area (Å²) in [5, 5.41) is 4.41. The topological polar surface area (TPSA) is 47.1 Å². The molecule has 1 rings (SSSR count). The summed E-state index contributed by atoms with van der Waals surface area (Å²) in [6, 6.07) is 1.98. The van der Waals surface area contributed by atoms with Crippen LogP contribution in [0.4, 0.5) is 8.78 Å². The van der Waals surface area contributed by atoms with E-state index in [9.17, 15) is 8.78 Å². The molecule has 1 aromatic heterocycles. The molecule has 1 aromatic rings. The fourth-order valence-electron chi connectivity index (χ4n) is 1.93. The van der Waals surface area contributed by atoms with Crippen molar-refractivity contribution in [2.45, 2.75) is 39.8 Å². The quantitative estimate of drug-likeness (QED) is 0.770. The Hall–Kier alpha value is -1.01. The van der Waals surface area contributed by atoms with E-state index >= 15 is 0 Å². The molecule has 0 aromatic carbocycles. The minimum Gasteiger partial charge on any atom is -0.329 e. The molecule has 0 saturated heterocycles. The van der Waals surface area contributed by atoms with Crippen molar-refractivity contribution < 1.29 is 8.78 Å². The Morgan fingerprint density at radius 1 is 1.44 bits per heavy atom. The number of aromatic nitrogens is 2. The number of hydrogen-bond donors (Lipinski definition) is 1. The molecule has 0 atom stereocenters. The minimum absolute atomic E-state index is 0.243. The maximum absolute atomic E-state index is 12.5. The van der Waals surface area contributed by atoms with Gasteiger partial charge in [-0.3, -0.25) is 9.58 Å². The second-order valence-electron chi connectivity index (χ2n) is 4.21. The van der Waals surface area contributed by atoms with Crippen LogP contribution in [0.3, 0.4) is 0 Å². The Bertz CT molecular complexity index is 352. The zero-order valence-corrected chi connectivity index (χ0v) is 11.1. The molecule has 104 valence electrons. The van der Waals surface area contributed by atoms with Crippen LogP contribution in [0.5, 0.6) is 0 Å². The summed E-state index contributed by atoms with van der Waals surface area (Å²) in [5.74, 6) is 0. The van der Waals surface area contributed by atoms with E-state index in [0.29, 0.717) is 19.6 Å². The molecule has 0 fully saturated rings. The van der Waals surface area contributed by atoms with Crippen LogP contribution in [0.15, 0.2) is 6.07 Å². The van der Waals surface area contributed by atoms with E-state index in [1.54, 1.807) is 4.90 Å². The highest BCUT2D eigenvalue weighted by Crippen LogP contribution is 2.10. The van der Waals surface area contributed by atoms with E-state index in [0.717, 1.165) is 24.4 Å². The van der Waals surface area contributed by atoms with Crippen LogP contribution in [-0.4, -0.2) is 40.7 Å². The number of aryl methyl sites for hydroxylation is 2. The van der Waals surface area contributed by atoms with E-state index in [-0.39, 0.29) is 6.54 Å². The summed E-state index contributed by atoms with van der Waals surface area (Å²) < 4.78 is 26.8. The summed E-state index contributed by atoms with van der Waals surface area (Å²) in [6.45, 7) is 5.87. The first-order valence-electron chi connectivity index (χ1n) is 6.36. The smallest absolute Gasteiger partial charge is 0.251 e. The van der Waals surface area contributed by atoms with Gasteiger partial charge in [0.05, 0.1) is 17.9 Å². The van der Waals surface area contributed by atoms with Gasteiger partial charge in [0.15, 0.2) is 0 Å². The molecule has 0 unspecified atom stereocenters. The van der Waals surface area contributed by atoms with E-state index in [4.69, 9.17) is 5.73 Å². The predicted octanol–water partition coefficient (Wildman–Crippen LogP) is 1.49. The fraction of sp³-hybridized carbons (Fsp3) is 0.750. The van der Waals surface area contributed by atoms with E-state index < -0.39 is 6.43 Å². The van der Waals surface area contributed by atoms with Crippen LogP contribution in [0.25, 0.3) is 0 Å². The molecule has 0 aliphatic heterocycles. The number of nitrogens with two attached hydrogens (primary N) is 1. The number of hydrogen-bond acceptors (Lipinski definition) is 3. The molecule has 0 aliphatic rings. The average molecular weight is 260 g/mol. The molecule has 18 heavy (non-hydrogen) atoms. The van der Waals surface area contributed by atoms with Crippen molar-refractivity contribution in [3.05, 3.63) is 17.5 Å². The maximum atomic E-state index is 12.5. The Balaban J connectivity index is 2.75. The highest BCUT2D eigenvalue weighted by Gasteiger charge is 2.14. The van der Waals surface area contributed by atoms with Gasteiger partial charge in [-0.25, -0.2) is 8.78 Å². The van der Waals surface area contributed by atoms with Crippen molar-refractivity contribution in [1.82, 2.24) is 14.7 Å². The zero-order valence-electron chi connectivity index (χ0n) is 11.1. The van der Waals surface area contributed by atoms with E-state index in [1.807, 2.05) is 24.6 Å². The molecule has 0 saturated carbocycles. The lowest BCUT2D eigenvalue weighted by Gasteiger charge is -2.21. The Kier molecular flexibility index (Phi) is 6.21. The third-order valence-electron chi connectivity index (χ3n) is 2.80. The van der Waals surface area contributed by atoms with E-state index in [2.05, 4.69) is 5.10 Å². The molecule has 4 nitrogen and oxygen atoms in total. The monoisotopic (exact) mass is 260 g/mol. The number of rotatable bonds is 8. The maximum Gasteiger partial charge on any atom is 0.251 e. The van der Waals surface area contributed by atoms with Gasteiger partial charge < -0.3 is 5.73 Å². The molecule has 0 bridgehead atoms. The molecular formula is C12H22F2N4. The molecule has 0 radical (unpaired) electrons. The molecule has 0 amide bonds. The van der Waals surface area contributed by atoms with Gasteiger partial charge in [0.1, 0.15) is 0 Å². The first-order valence-corrected chi connectivity index (χ1v) is 6.36. The molecule has 0 aliphatic carbocycles. The second kappa shape index (κ2) is 7.43. The van der Waals surface area contributed by atoms with Crippen LogP contribution < -0.4 is 5.73 Å². The summed E-state index contributed by atoms with van der Waals surface area (Å²) in [5.41, 5.74) is 7.42. The lowest BCUT2D eigenvalue weighted by molar-refractivity contribution is 0.0849. The van der Waals surface area contributed by atoms with Crippen molar-refractivity contribution >= 4 is 0 Å². The van der Waals surface area contributed by atoms with Crippen molar-refractivity contribution in [3.63, 3.8) is 0 Å². The highest BCUT2D eigenvalue weighted by molar-refractivity contribution is 5.10. The summed E-state index contributed by atoms with van der Waals surface area (Å²) >= 11 is 0. The van der Waals surface area contributed by atoms with Crippen molar-refractivity contribution in [2.75, 3.05) is 19.6 Å². The Labute approximate surface area is 107 Å². The lowest BCUT2D eigenvalue weighted by Crippen LogP contribution is -2.33. The number of nitrogens with zero attached hydrogens (tertiary/aromatic N) is 3. The first kappa shape index (κ1) is 15.0. The van der Waals surface area contributed by atoms with Crippen LogP contribution >= 0.6 is 0 Å². The lowest BCUT2D eigenvalue weighted by atomic mass is 10.3. The normalized spacial score (nSPS) is 11.7. The van der Waals surface area contributed by atoms with Gasteiger partial charge >= 0.3 is 0 Å². The highest BCUT2D eigenvalue weighted by atomic mass is 19.3. The van der Waals surface area contributed by atoms with Gasteiger partial charge in [0.25, 0.3) is 6.43 Å². The van der Waals surface area contributed by atoms with E-state index in [1.165, 1.54) is 0 Å². The third kappa shape index (κ3) is 4.34. The van der Waals surface area contributed by atoms with Crippen LogP contribution in [0.1, 0.15) is 25.2 Å². The summed E-state index contributed by atoms with van der Waals surface area (Å²) in [7, 11) is 0. The van der Waals surface area contributed by atoms with Crippen LogP contribution in [0, 0.1) is 0 Å². The Morgan fingerprint density at radius 2 is 2.17 bits per heavy atom. The van der Waals surface area contributed by atoms with Gasteiger partial charge in [0.2, 0.25) is 0 Å². The standard InChI is InChI=1S/C12H22F2N4/c1-3-10-7-11(18(4-2)16-10)8-17(6-5-15)9-12(13)14/h7,12H,3-6,8-9,15H2,1-2H3. The molecule has 6 heteroatoms. The average Bonchev–Trinajstić information content (AvgIpc) is 2.71. The first-order chi connectivity index (χ1) is 8.60. The van der Waals surface area contributed by atoms with Crippen molar-refractivity contribution in [3.8, 4) is 0 Å². The van der Waals surface area contributed by atoms with Crippen LogP contribution in [0.2, 0.25) is 0 Å². The minimum atomic E-state index is -2.33. The number of alkyl halides is 2. The number of halogens is 2. The van der Waals surface area contributed by atoms with Crippen molar-refractivity contribution in [1.29, 1.82) is 0 Å². The van der Waals surface area contributed by atoms with Crippen molar-refractivity contribution in [2.24, 2.45) is 5.73 Å². The fourth-order valence-corrected chi connectivity index (χ4v) is 1.93. The zero-order chi connectivity index (χ0) is 13.5.